The number of carbonyl (C=O) groups excluding carboxylic acids is 1. The first-order chi connectivity index (χ1) is 8.29. The van der Waals surface area contributed by atoms with Gasteiger partial charge in [0.05, 0.1) is 18.2 Å². The number of anilines is 1. The van der Waals surface area contributed by atoms with Crippen LogP contribution in [0.5, 0.6) is 0 Å². The predicted molar refractivity (Wildman–Crippen MR) is 72.9 cm³/mol. The predicted octanol–water partition coefficient (Wildman–Crippen LogP) is 3.22. The summed E-state index contributed by atoms with van der Waals surface area (Å²) in [6, 6.07) is 8.03. The molecule has 0 saturated heterocycles. The minimum Gasteiger partial charge on any atom is -0.271 e. The third-order valence-corrected chi connectivity index (χ3v) is 4.12. The lowest BCUT2D eigenvalue weighted by molar-refractivity contribution is -0.130. The zero-order chi connectivity index (χ0) is 11.9. The average molecular weight is 268 g/mol. The quantitative estimate of drug-likeness (QED) is 0.782. The summed E-state index contributed by atoms with van der Waals surface area (Å²) in [5.74, 6) is 0.126. The maximum Gasteiger partial charge on any atom is 0.261 e. The monoisotopic (exact) mass is 267 g/mol. The van der Waals surface area contributed by atoms with E-state index >= 15 is 0 Å². The topological polar surface area (TPSA) is 29.5 Å². The van der Waals surface area contributed by atoms with Crippen LogP contribution < -0.4 is 5.06 Å². The molecule has 1 spiro atoms. The Bertz CT molecular complexity index is 455. The van der Waals surface area contributed by atoms with Gasteiger partial charge >= 0.3 is 0 Å². The number of hydrogen-bond acceptors (Lipinski definition) is 2. The highest BCUT2D eigenvalue weighted by molar-refractivity contribution is 6.06. The van der Waals surface area contributed by atoms with Gasteiger partial charge in [-0.1, -0.05) is 37.5 Å². The number of benzene rings is 1. The van der Waals surface area contributed by atoms with Crippen molar-refractivity contribution in [2.45, 2.75) is 37.5 Å². The van der Waals surface area contributed by atoms with Gasteiger partial charge < -0.3 is 0 Å². The lowest BCUT2D eigenvalue weighted by Crippen LogP contribution is -2.41. The summed E-state index contributed by atoms with van der Waals surface area (Å²) in [5.41, 5.74) is 1.79. The molecule has 3 nitrogen and oxygen atoms in total. The molecule has 1 aliphatic heterocycles. The van der Waals surface area contributed by atoms with Crippen LogP contribution >= 0.6 is 12.4 Å². The summed E-state index contributed by atoms with van der Waals surface area (Å²) in [6.07, 6.45) is 5.44. The number of nitrogens with zero attached hydrogens (tertiary/aromatic N) is 1. The molecular weight excluding hydrogens is 250 g/mol. The molecule has 1 amide bonds. The largest absolute Gasteiger partial charge is 0.271 e. The molecule has 0 atom stereocenters. The zero-order valence-electron chi connectivity index (χ0n) is 10.5. The SMILES string of the molecule is CON1C(=O)C2(CCCCC2)c2ccccc21.Cl. The fourth-order valence-corrected chi connectivity index (χ4v) is 3.29. The summed E-state index contributed by atoms with van der Waals surface area (Å²) in [4.78, 5) is 17.8. The Labute approximate surface area is 113 Å². The minimum atomic E-state index is -0.301. The number of hydrogen-bond donors (Lipinski definition) is 0. The van der Waals surface area contributed by atoms with E-state index in [1.807, 2.05) is 18.2 Å². The maximum atomic E-state index is 12.6. The second-order valence-electron chi connectivity index (χ2n) is 4.94. The Morgan fingerprint density at radius 2 is 1.83 bits per heavy atom. The molecule has 4 heteroatoms. The zero-order valence-corrected chi connectivity index (χ0v) is 11.3. The van der Waals surface area contributed by atoms with E-state index < -0.39 is 0 Å². The van der Waals surface area contributed by atoms with E-state index in [0.717, 1.165) is 36.9 Å². The molecule has 1 heterocycles. The lowest BCUT2D eigenvalue weighted by atomic mass is 9.70. The molecule has 0 unspecified atom stereocenters. The average Bonchev–Trinajstić information content (AvgIpc) is 2.61. The van der Waals surface area contributed by atoms with E-state index in [9.17, 15) is 4.79 Å². The second kappa shape index (κ2) is 4.90. The number of para-hydroxylation sites is 1. The Kier molecular flexibility index (Phi) is 3.64. The van der Waals surface area contributed by atoms with E-state index in [0.29, 0.717) is 0 Å². The van der Waals surface area contributed by atoms with Crippen LogP contribution in [0, 0.1) is 0 Å². The number of fused-ring (bicyclic) bond motifs is 2. The molecule has 2 aliphatic rings. The van der Waals surface area contributed by atoms with E-state index in [2.05, 4.69) is 6.07 Å². The second-order valence-corrected chi connectivity index (χ2v) is 4.94. The molecule has 0 radical (unpaired) electrons. The van der Waals surface area contributed by atoms with E-state index in [1.165, 1.54) is 11.5 Å². The highest BCUT2D eigenvalue weighted by atomic mass is 35.5. The fourth-order valence-electron chi connectivity index (χ4n) is 3.29. The molecule has 0 bridgehead atoms. The van der Waals surface area contributed by atoms with Crippen molar-refractivity contribution in [2.75, 3.05) is 12.2 Å². The van der Waals surface area contributed by atoms with Gasteiger partial charge in [0, 0.05) is 0 Å². The van der Waals surface area contributed by atoms with Crippen molar-refractivity contribution in [1.82, 2.24) is 0 Å². The molecule has 1 aromatic rings. The summed E-state index contributed by atoms with van der Waals surface area (Å²) < 4.78 is 0. The van der Waals surface area contributed by atoms with Crippen LogP contribution in [-0.4, -0.2) is 13.0 Å². The summed E-state index contributed by atoms with van der Waals surface area (Å²) in [5, 5.41) is 1.47. The highest BCUT2D eigenvalue weighted by Gasteiger charge is 2.51. The Morgan fingerprint density at radius 1 is 1.17 bits per heavy atom. The number of hydroxylamine groups is 1. The standard InChI is InChI=1S/C14H17NO2.ClH/c1-17-15-12-8-4-3-7-11(12)14(13(15)16)9-5-2-6-10-14;/h3-4,7-8H,2,5-6,9-10H2,1H3;1H. The molecule has 0 N–H and O–H groups in total. The first-order valence-electron chi connectivity index (χ1n) is 6.28. The number of halogens is 1. The third kappa shape index (κ3) is 1.65. The van der Waals surface area contributed by atoms with Crippen LogP contribution in [0.4, 0.5) is 5.69 Å². The van der Waals surface area contributed by atoms with Crippen molar-refractivity contribution < 1.29 is 9.63 Å². The first kappa shape index (κ1) is 13.4. The van der Waals surface area contributed by atoms with Gasteiger partial charge in [-0.15, -0.1) is 12.4 Å². The Balaban J connectivity index is 0.00000120. The van der Waals surface area contributed by atoms with Crippen molar-refractivity contribution in [3.63, 3.8) is 0 Å². The third-order valence-electron chi connectivity index (χ3n) is 4.12. The van der Waals surface area contributed by atoms with Crippen LogP contribution in [0.25, 0.3) is 0 Å². The molecule has 18 heavy (non-hydrogen) atoms. The molecule has 98 valence electrons. The molecule has 1 saturated carbocycles. The molecular formula is C14H18ClNO2. The maximum absolute atomic E-state index is 12.6. The van der Waals surface area contributed by atoms with Crippen LogP contribution in [0.1, 0.15) is 37.7 Å². The lowest BCUT2D eigenvalue weighted by Gasteiger charge is -2.31. The van der Waals surface area contributed by atoms with Crippen LogP contribution in [-0.2, 0) is 15.0 Å². The van der Waals surface area contributed by atoms with Gasteiger partial charge in [0.2, 0.25) is 0 Å². The first-order valence-corrected chi connectivity index (χ1v) is 6.28. The van der Waals surface area contributed by atoms with Gasteiger partial charge in [0.1, 0.15) is 0 Å². The van der Waals surface area contributed by atoms with E-state index in [1.54, 1.807) is 7.11 Å². The van der Waals surface area contributed by atoms with Crippen molar-refractivity contribution in [1.29, 1.82) is 0 Å². The molecule has 1 fully saturated rings. The number of rotatable bonds is 1. The minimum absolute atomic E-state index is 0. The van der Waals surface area contributed by atoms with Crippen LogP contribution in [0.3, 0.4) is 0 Å². The van der Waals surface area contributed by atoms with Crippen molar-refractivity contribution in [2.24, 2.45) is 0 Å². The van der Waals surface area contributed by atoms with Crippen molar-refractivity contribution in [3.8, 4) is 0 Å². The summed E-state index contributed by atoms with van der Waals surface area (Å²) in [7, 11) is 1.57. The Morgan fingerprint density at radius 3 is 2.50 bits per heavy atom. The summed E-state index contributed by atoms with van der Waals surface area (Å²) >= 11 is 0. The summed E-state index contributed by atoms with van der Waals surface area (Å²) in [6.45, 7) is 0. The van der Waals surface area contributed by atoms with Crippen molar-refractivity contribution >= 4 is 24.0 Å². The smallest absolute Gasteiger partial charge is 0.261 e. The molecule has 0 aromatic heterocycles. The molecule has 3 rings (SSSR count). The van der Waals surface area contributed by atoms with Crippen LogP contribution in [0.15, 0.2) is 24.3 Å². The van der Waals surface area contributed by atoms with Crippen molar-refractivity contribution in [3.05, 3.63) is 29.8 Å². The van der Waals surface area contributed by atoms with Gasteiger partial charge in [-0.2, -0.15) is 5.06 Å². The molecule has 1 aromatic carbocycles. The van der Waals surface area contributed by atoms with Gasteiger partial charge in [-0.3, -0.25) is 9.63 Å². The number of carbonyl (C=O) groups is 1. The molecule has 1 aliphatic carbocycles. The van der Waals surface area contributed by atoms with Crippen LogP contribution in [0.2, 0.25) is 0 Å². The number of amides is 1. The van der Waals surface area contributed by atoms with Gasteiger partial charge in [0.15, 0.2) is 0 Å². The van der Waals surface area contributed by atoms with E-state index in [4.69, 9.17) is 4.84 Å². The van der Waals surface area contributed by atoms with E-state index in [-0.39, 0.29) is 23.7 Å². The fraction of sp³-hybridized carbons (Fsp3) is 0.500. The van der Waals surface area contributed by atoms with Gasteiger partial charge in [0.25, 0.3) is 5.91 Å². The van der Waals surface area contributed by atoms with Gasteiger partial charge in [-0.05, 0) is 24.5 Å². The normalized spacial score (nSPS) is 20.7. The van der Waals surface area contributed by atoms with Gasteiger partial charge in [-0.25, -0.2) is 0 Å². The highest BCUT2D eigenvalue weighted by Crippen LogP contribution is 2.49. The Hall–Kier alpha value is -1.06.